The lowest BCUT2D eigenvalue weighted by molar-refractivity contribution is 0.0696. The van der Waals surface area contributed by atoms with Gasteiger partial charge >= 0.3 is 5.97 Å². The molecule has 1 rings (SSSR count). The van der Waals surface area contributed by atoms with Crippen LogP contribution in [0.4, 0.5) is 0 Å². The van der Waals surface area contributed by atoms with Gasteiger partial charge in [0, 0.05) is 18.2 Å². The highest BCUT2D eigenvalue weighted by Crippen LogP contribution is 2.22. The van der Waals surface area contributed by atoms with Crippen molar-refractivity contribution in [2.45, 2.75) is 39.3 Å². The molecule has 0 saturated carbocycles. The molecular weight excluding hydrogens is 242 g/mol. The Kier molecular flexibility index (Phi) is 5.83. The summed E-state index contributed by atoms with van der Waals surface area (Å²) in [4.78, 5) is 13.2. The molecular formula is C15H23NO3. The van der Waals surface area contributed by atoms with E-state index in [-0.39, 0.29) is 0 Å². The molecule has 4 nitrogen and oxygen atoms in total. The van der Waals surface area contributed by atoms with E-state index in [0.29, 0.717) is 18.2 Å². The molecule has 0 aliphatic carbocycles. The molecule has 4 heteroatoms. The summed E-state index contributed by atoms with van der Waals surface area (Å²) in [6.07, 6.45) is 2.26. The molecule has 0 fully saturated rings. The molecule has 0 radical (unpaired) electrons. The van der Waals surface area contributed by atoms with Crippen molar-refractivity contribution >= 4 is 5.97 Å². The average Bonchev–Trinajstić information content (AvgIpc) is 2.38. The fourth-order valence-corrected chi connectivity index (χ4v) is 2.10. The summed E-state index contributed by atoms with van der Waals surface area (Å²) < 4.78 is 5.30. The van der Waals surface area contributed by atoms with Gasteiger partial charge in [-0.25, -0.2) is 4.79 Å². The number of carbonyl (C=O) groups is 1. The van der Waals surface area contributed by atoms with Gasteiger partial charge in [0.05, 0.1) is 12.7 Å². The van der Waals surface area contributed by atoms with Crippen LogP contribution in [0.15, 0.2) is 18.2 Å². The minimum Gasteiger partial charge on any atom is -0.496 e. The van der Waals surface area contributed by atoms with Crippen molar-refractivity contribution in [2.24, 2.45) is 0 Å². The number of benzene rings is 1. The minimum atomic E-state index is -0.909. The lowest BCUT2D eigenvalue weighted by atomic mass is 10.1. The summed E-state index contributed by atoms with van der Waals surface area (Å²) >= 11 is 0. The van der Waals surface area contributed by atoms with Crippen LogP contribution < -0.4 is 4.74 Å². The molecule has 1 aromatic rings. The second-order valence-electron chi connectivity index (χ2n) is 4.88. The summed E-state index contributed by atoms with van der Waals surface area (Å²) in [6, 6.07) is 5.44. The fourth-order valence-electron chi connectivity index (χ4n) is 2.10. The number of hydrogen-bond donors (Lipinski definition) is 1. The molecule has 0 saturated heterocycles. The van der Waals surface area contributed by atoms with Gasteiger partial charge < -0.3 is 9.84 Å². The third kappa shape index (κ3) is 4.24. The monoisotopic (exact) mass is 265 g/mol. The highest BCUT2D eigenvalue weighted by atomic mass is 16.5. The first-order chi connectivity index (χ1) is 8.99. The first-order valence-corrected chi connectivity index (χ1v) is 6.60. The third-order valence-corrected chi connectivity index (χ3v) is 3.41. The zero-order valence-electron chi connectivity index (χ0n) is 12.1. The zero-order valence-corrected chi connectivity index (χ0v) is 12.1. The largest absolute Gasteiger partial charge is 0.496 e. The molecule has 0 aromatic heterocycles. The summed E-state index contributed by atoms with van der Waals surface area (Å²) in [6.45, 7) is 5.03. The maximum absolute atomic E-state index is 11.0. The van der Waals surface area contributed by atoms with Crippen LogP contribution in [-0.2, 0) is 6.54 Å². The highest BCUT2D eigenvalue weighted by Gasteiger charge is 2.14. The van der Waals surface area contributed by atoms with E-state index in [1.165, 1.54) is 0 Å². The van der Waals surface area contributed by atoms with Gasteiger partial charge in [0.1, 0.15) is 5.75 Å². The number of methoxy groups -OCH3 is 1. The lowest BCUT2D eigenvalue weighted by Crippen LogP contribution is -2.28. The lowest BCUT2D eigenvalue weighted by Gasteiger charge is -2.25. The van der Waals surface area contributed by atoms with Crippen molar-refractivity contribution in [3.63, 3.8) is 0 Å². The van der Waals surface area contributed by atoms with E-state index in [1.54, 1.807) is 25.3 Å². The molecule has 0 spiro atoms. The highest BCUT2D eigenvalue weighted by molar-refractivity contribution is 5.88. The number of aromatic carboxylic acids is 1. The van der Waals surface area contributed by atoms with Crippen molar-refractivity contribution in [3.05, 3.63) is 29.3 Å². The molecule has 1 N–H and O–H groups in total. The second-order valence-corrected chi connectivity index (χ2v) is 4.88. The summed E-state index contributed by atoms with van der Waals surface area (Å²) in [5.41, 5.74) is 1.21. The van der Waals surface area contributed by atoms with E-state index in [1.807, 2.05) is 7.05 Å². The van der Waals surface area contributed by atoms with E-state index in [0.717, 1.165) is 24.2 Å². The van der Waals surface area contributed by atoms with Gasteiger partial charge in [-0.05, 0) is 38.6 Å². The number of carboxylic acid groups (broad SMARTS) is 1. The Morgan fingerprint density at radius 2 is 2.16 bits per heavy atom. The molecule has 19 heavy (non-hydrogen) atoms. The summed E-state index contributed by atoms with van der Waals surface area (Å²) in [5, 5.41) is 9.05. The van der Waals surface area contributed by atoms with Crippen LogP contribution in [0.1, 0.15) is 42.6 Å². The molecule has 0 aliphatic rings. The predicted octanol–water partition coefficient (Wildman–Crippen LogP) is 3.01. The first kappa shape index (κ1) is 15.5. The van der Waals surface area contributed by atoms with Gasteiger partial charge in [0.2, 0.25) is 0 Å². The van der Waals surface area contributed by atoms with Gasteiger partial charge in [0.25, 0.3) is 0 Å². The Morgan fingerprint density at radius 1 is 1.47 bits per heavy atom. The molecule has 0 heterocycles. The van der Waals surface area contributed by atoms with E-state index in [4.69, 9.17) is 9.84 Å². The van der Waals surface area contributed by atoms with Crippen LogP contribution in [0.25, 0.3) is 0 Å². The minimum absolute atomic E-state index is 0.298. The smallest absolute Gasteiger partial charge is 0.335 e. The van der Waals surface area contributed by atoms with Crippen molar-refractivity contribution in [2.75, 3.05) is 14.2 Å². The summed E-state index contributed by atoms with van der Waals surface area (Å²) in [5.74, 6) is -0.172. The van der Waals surface area contributed by atoms with Crippen LogP contribution >= 0.6 is 0 Å². The van der Waals surface area contributed by atoms with Gasteiger partial charge in [0.15, 0.2) is 0 Å². The van der Waals surface area contributed by atoms with Crippen molar-refractivity contribution < 1.29 is 14.6 Å². The van der Waals surface area contributed by atoms with Gasteiger partial charge in [-0.1, -0.05) is 13.3 Å². The molecule has 1 aromatic carbocycles. The fraction of sp³-hybridized carbons (Fsp3) is 0.533. The van der Waals surface area contributed by atoms with E-state index < -0.39 is 5.97 Å². The number of rotatable bonds is 7. The second kappa shape index (κ2) is 7.14. The Balaban J connectivity index is 2.91. The molecule has 0 amide bonds. The molecule has 1 unspecified atom stereocenters. The van der Waals surface area contributed by atoms with Crippen molar-refractivity contribution in [3.8, 4) is 5.75 Å². The van der Waals surface area contributed by atoms with Crippen LogP contribution in [-0.4, -0.2) is 36.2 Å². The van der Waals surface area contributed by atoms with E-state index >= 15 is 0 Å². The maximum atomic E-state index is 11.0. The molecule has 0 bridgehead atoms. The quantitative estimate of drug-likeness (QED) is 0.823. The van der Waals surface area contributed by atoms with Crippen LogP contribution in [0, 0.1) is 0 Å². The van der Waals surface area contributed by atoms with Gasteiger partial charge in [-0.2, -0.15) is 0 Å². The van der Waals surface area contributed by atoms with Gasteiger partial charge in [-0.15, -0.1) is 0 Å². The normalized spacial score (nSPS) is 12.5. The first-order valence-electron chi connectivity index (χ1n) is 6.60. The standard InChI is InChI=1S/C15H23NO3/c1-5-6-11(2)16(3)10-13-9-12(15(17)18)7-8-14(13)19-4/h7-9,11H,5-6,10H2,1-4H3,(H,17,18). The zero-order chi connectivity index (χ0) is 14.4. The van der Waals surface area contributed by atoms with E-state index in [2.05, 4.69) is 18.7 Å². The number of nitrogens with zero attached hydrogens (tertiary/aromatic N) is 1. The Morgan fingerprint density at radius 3 is 2.68 bits per heavy atom. The SMILES string of the molecule is CCCC(C)N(C)Cc1cc(C(=O)O)ccc1OC. The van der Waals surface area contributed by atoms with Crippen LogP contribution in [0.2, 0.25) is 0 Å². The third-order valence-electron chi connectivity index (χ3n) is 3.41. The summed E-state index contributed by atoms with van der Waals surface area (Å²) in [7, 11) is 3.65. The Labute approximate surface area is 115 Å². The number of ether oxygens (including phenoxy) is 1. The van der Waals surface area contributed by atoms with Gasteiger partial charge in [-0.3, -0.25) is 4.90 Å². The van der Waals surface area contributed by atoms with Crippen LogP contribution in [0.3, 0.4) is 0 Å². The predicted molar refractivity (Wildman–Crippen MR) is 75.8 cm³/mol. The molecule has 106 valence electrons. The van der Waals surface area contributed by atoms with Crippen molar-refractivity contribution in [1.29, 1.82) is 0 Å². The Hall–Kier alpha value is -1.55. The molecule has 0 aliphatic heterocycles. The number of hydrogen-bond acceptors (Lipinski definition) is 3. The average molecular weight is 265 g/mol. The maximum Gasteiger partial charge on any atom is 0.335 e. The van der Waals surface area contributed by atoms with E-state index in [9.17, 15) is 4.79 Å². The topological polar surface area (TPSA) is 49.8 Å². The Bertz CT molecular complexity index is 431. The number of carboxylic acids is 1. The van der Waals surface area contributed by atoms with Crippen LogP contribution in [0.5, 0.6) is 5.75 Å². The molecule has 1 atom stereocenters. The van der Waals surface area contributed by atoms with Crippen molar-refractivity contribution in [1.82, 2.24) is 4.90 Å².